The molecule has 3 heteroatoms. The van der Waals surface area contributed by atoms with E-state index in [1.165, 1.54) is 16.7 Å². The van der Waals surface area contributed by atoms with Gasteiger partial charge in [-0.3, -0.25) is 4.79 Å². The lowest BCUT2D eigenvalue weighted by atomic mass is 9.72. The number of hydrogen-bond donors (Lipinski definition) is 0. The predicted octanol–water partition coefficient (Wildman–Crippen LogP) is 4.87. The summed E-state index contributed by atoms with van der Waals surface area (Å²) in [5.74, 6) is -0.746. The molecule has 0 bridgehead atoms. The highest BCUT2D eigenvalue weighted by Gasteiger charge is 2.50. The third-order valence-corrected chi connectivity index (χ3v) is 5.37. The van der Waals surface area contributed by atoms with E-state index in [1.54, 1.807) is 7.11 Å². The molecule has 0 aromatic heterocycles. The molecule has 25 heavy (non-hydrogen) atoms. The second-order valence-electron chi connectivity index (χ2n) is 7.73. The highest BCUT2D eigenvalue weighted by Crippen LogP contribution is 2.50. The Morgan fingerprint density at radius 2 is 2.00 bits per heavy atom. The molecular formula is C22H28O3. The maximum atomic E-state index is 13.2. The summed E-state index contributed by atoms with van der Waals surface area (Å²) in [6.45, 7) is 12.3. The SMILES string of the molecule is COC12OC(C=C(C)C)Cc3c(C)ccc(c31)C(=O)C(C(C)C)=C2C. The molecule has 0 saturated heterocycles. The van der Waals surface area contributed by atoms with Gasteiger partial charge in [-0.1, -0.05) is 37.6 Å². The smallest absolute Gasteiger partial charge is 0.219 e. The van der Waals surface area contributed by atoms with Crippen molar-refractivity contribution in [3.05, 3.63) is 57.2 Å². The Kier molecular flexibility index (Phi) is 4.50. The standard InChI is InChI=1S/C22H28O3/c1-12(2)10-16-11-18-14(5)8-9-17-20(18)22(24-7,25-16)15(6)19(13(3)4)21(17)23/h8-10,13,16H,11H2,1-7H3. The molecule has 1 heterocycles. The van der Waals surface area contributed by atoms with Gasteiger partial charge in [0.05, 0.1) is 6.10 Å². The van der Waals surface area contributed by atoms with Gasteiger partial charge < -0.3 is 9.47 Å². The molecule has 2 atom stereocenters. The van der Waals surface area contributed by atoms with Gasteiger partial charge in [-0.15, -0.1) is 0 Å². The Labute approximate surface area is 150 Å². The van der Waals surface area contributed by atoms with Crippen molar-refractivity contribution in [2.24, 2.45) is 5.92 Å². The zero-order chi connectivity index (χ0) is 18.5. The zero-order valence-electron chi connectivity index (χ0n) is 16.3. The van der Waals surface area contributed by atoms with E-state index >= 15 is 0 Å². The molecule has 0 N–H and O–H groups in total. The quantitative estimate of drug-likeness (QED) is 0.736. The number of methoxy groups -OCH3 is 1. The number of ketones is 1. The average Bonchev–Trinajstić information content (AvgIpc) is 2.53. The normalized spacial score (nSPS) is 25.3. The second-order valence-corrected chi connectivity index (χ2v) is 7.73. The minimum absolute atomic E-state index is 0.0667. The number of hydrogen-bond acceptors (Lipinski definition) is 3. The van der Waals surface area contributed by atoms with Gasteiger partial charge in [-0.05, 0) is 50.3 Å². The monoisotopic (exact) mass is 340 g/mol. The van der Waals surface area contributed by atoms with E-state index in [0.29, 0.717) is 0 Å². The van der Waals surface area contributed by atoms with Crippen molar-refractivity contribution < 1.29 is 14.3 Å². The Balaban J connectivity index is 2.35. The van der Waals surface area contributed by atoms with Gasteiger partial charge in [0.1, 0.15) is 0 Å². The van der Waals surface area contributed by atoms with Crippen LogP contribution in [0.15, 0.2) is 34.9 Å². The van der Waals surface area contributed by atoms with Gasteiger partial charge in [0.25, 0.3) is 0 Å². The number of allylic oxidation sites excluding steroid dienone is 2. The summed E-state index contributed by atoms with van der Waals surface area (Å²) in [7, 11) is 1.68. The Morgan fingerprint density at radius 1 is 1.32 bits per heavy atom. The van der Waals surface area contributed by atoms with Gasteiger partial charge in [0.2, 0.25) is 5.79 Å². The van der Waals surface area contributed by atoms with Crippen molar-refractivity contribution in [1.29, 1.82) is 0 Å². The first-order chi connectivity index (χ1) is 11.7. The van der Waals surface area contributed by atoms with Crippen LogP contribution in [0.25, 0.3) is 0 Å². The predicted molar refractivity (Wildman–Crippen MR) is 99.7 cm³/mol. The van der Waals surface area contributed by atoms with Crippen molar-refractivity contribution in [2.75, 3.05) is 7.11 Å². The fraction of sp³-hybridized carbons (Fsp3) is 0.500. The van der Waals surface area contributed by atoms with E-state index in [0.717, 1.165) is 28.7 Å². The van der Waals surface area contributed by atoms with Crippen molar-refractivity contribution >= 4 is 5.78 Å². The van der Waals surface area contributed by atoms with E-state index < -0.39 is 5.79 Å². The first kappa shape index (κ1) is 18.1. The lowest BCUT2D eigenvalue weighted by molar-refractivity contribution is -0.230. The third kappa shape index (κ3) is 2.61. The van der Waals surface area contributed by atoms with Gasteiger partial charge >= 0.3 is 0 Å². The van der Waals surface area contributed by atoms with Crippen LogP contribution in [0.2, 0.25) is 0 Å². The van der Waals surface area contributed by atoms with Gasteiger partial charge in [-0.2, -0.15) is 0 Å². The topological polar surface area (TPSA) is 35.5 Å². The maximum Gasteiger partial charge on any atom is 0.219 e. The van der Waals surface area contributed by atoms with E-state index in [1.807, 2.05) is 13.0 Å². The molecule has 2 aliphatic rings. The number of Topliss-reactive ketones (excluding diaryl/α,β-unsaturated/α-hetero) is 1. The highest BCUT2D eigenvalue weighted by molar-refractivity contribution is 6.12. The summed E-state index contributed by atoms with van der Waals surface area (Å²) in [4.78, 5) is 13.2. The molecule has 0 fully saturated rings. The fourth-order valence-electron chi connectivity index (χ4n) is 4.33. The van der Waals surface area contributed by atoms with Crippen molar-refractivity contribution in [2.45, 2.75) is 59.9 Å². The number of carbonyl (C=O) groups is 1. The Hall–Kier alpha value is -1.71. The molecule has 1 aromatic carbocycles. The second kappa shape index (κ2) is 6.22. The Morgan fingerprint density at radius 3 is 2.56 bits per heavy atom. The summed E-state index contributed by atoms with van der Waals surface area (Å²) in [6, 6.07) is 3.99. The number of ether oxygens (including phenoxy) is 2. The van der Waals surface area contributed by atoms with E-state index in [9.17, 15) is 4.79 Å². The molecule has 1 aliphatic carbocycles. The number of rotatable bonds is 3. The van der Waals surface area contributed by atoms with E-state index in [-0.39, 0.29) is 17.8 Å². The minimum Gasteiger partial charge on any atom is -0.346 e. The highest BCUT2D eigenvalue weighted by atomic mass is 16.7. The van der Waals surface area contributed by atoms with Crippen LogP contribution in [0.1, 0.15) is 61.7 Å². The Bertz CT molecular complexity index is 794. The molecule has 3 nitrogen and oxygen atoms in total. The van der Waals surface area contributed by atoms with Crippen LogP contribution in [-0.2, 0) is 21.7 Å². The van der Waals surface area contributed by atoms with Crippen LogP contribution in [0, 0.1) is 12.8 Å². The first-order valence-electron chi connectivity index (χ1n) is 8.99. The molecule has 3 rings (SSSR count). The lowest BCUT2D eigenvalue weighted by Gasteiger charge is -2.46. The average molecular weight is 340 g/mol. The van der Waals surface area contributed by atoms with Gasteiger partial charge in [0.15, 0.2) is 5.78 Å². The van der Waals surface area contributed by atoms with Gasteiger partial charge in [-0.25, -0.2) is 0 Å². The van der Waals surface area contributed by atoms with Crippen molar-refractivity contribution in [1.82, 2.24) is 0 Å². The van der Waals surface area contributed by atoms with Crippen LogP contribution in [0.4, 0.5) is 0 Å². The lowest BCUT2D eigenvalue weighted by Crippen LogP contribution is -2.47. The molecule has 2 unspecified atom stereocenters. The molecule has 0 radical (unpaired) electrons. The molecule has 0 amide bonds. The van der Waals surface area contributed by atoms with Crippen LogP contribution in [-0.4, -0.2) is 19.0 Å². The van der Waals surface area contributed by atoms with E-state index in [2.05, 4.69) is 46.8 Å². The summed E-state index contributed by atoms with van der Waals surface area (Å²) < 4.78 is 12.6. The minimum atomic E-state index is -0.973. The van der Waals surface area contributed by atoms with Crippen LogP contribution in [0.3, 0.4) is 0 Å². The molecule has 1 aliphatic heterocycles. The summed E-state index contributed by atoms with van der Waals surface area (Å²) in [6.07, 6.45) is 2.85. The van der Waals surface area contributed by atoms with E-state index in [4.69, 9.17) is 9.47 Å². The maximum absolute atomic E-state index is 13.2. The molecule has 0 spiro atoms. The molecule has 1 aromatic rings. The molecule has 134 valence electrons. The summed E-state index contributed by atoms with van der Waals surface area (Å²) >= 11 is 0. The van der Waals surface area contributed by atoms with Crippen molar-refractivity contribution in [3.63, 3.8) is 0 Å². The largest absolute Gasteiger partial charge is 0.346 e. The summed E-state index contributed by atoms with van der Waals surface area (Å²) in [5.41, 5.74) is 6.93. The van der Waals surface area contributed by atoms with Crippen LogP contribution < -0.4 is 0 Å². The fourth-order valence-corrected chi connectivity index (χ4v) is 4.33. The number of aryl methyl sites for hydroxylation is 1. The van der Waals surface area contributed by atoms with Gasteiger partial charge in [0, 0.05) is 30.2 Å². The van der Waals surface area contributed by atoms with Crippen LogP contribution in [0.5, 0.6) is 0 Å². The zero-order valence-corrected chi connectivity index (χ0v) is 16.3. The number of benzene rings is 1. The molecular weight excluding hydrogens is 312 g/mol. The first-order valence-corrected chi connectivity index (χ1v) is 8.99. The number of carbonyl (C=O) groups excluding carboxylic acids is 1. The van der Waals surface area contributed by atoms with Crippen LogP contribution >= 0.6 is 0 Å². The van der Waals surface area contributed by atoms with Crippen molar-refractivity contribution in [3.8, 4) is 0 Å². The third-order valence-electron chi connectivity index (χ3n) is 5.37. The summed E-state index contributed by atoms with van der Waals surface area (Å²) in [5, 5.41) is 0. The molecule has 0 saturated carbocycles.